The Kier molecular flexibility index (Phi) is 5.09. The lowest BCUT2D eigenvalue weighted by Crippen LogP contribution is -2.51. The largest absolute Gasteiger partial charge is 0.417 e. The summed E-state index contributed by atoms with van der Waals surface area (Å²) in [5.74, 6) is 0.570. The van der Waals surface area contributed by atoms with Gasteiger partial charge in [-0.15, -0.1) is 0 Å². The summed E-state index contributed by atoms with van der Waals surface area (Å²) >= 11 is 0. The second-order valence-corrected chi connectivity index (χ2v) is 8.05. The highest BCUT2D eigenvalue weighted by Crippen LogP contribution is 2.31. The Morgan fingerprint density at radius 1 is 1.12 bits per heavy atom. The number of hydrogen-bond donors (Lipinski definition) is 2. The molecule has 1 saturated heterocycles. The van der Waals surface area contributed by atoms with Crippen LogP contribution < -0.4 is 4.90 Å². The van der Waals surface area contributed by atoms with Crippen LogP contribution in [0.3, 0.4) is 0 Å². The van der Waals surface area contributed by atoms with Gasteiger partial charge in [0.2, 0.25) is 0 Å². The molecule has 1 atom stereocenters. The van der Waals surface area contributed by atoms with Gasteiger partial charge in [0.1, 0.15) is 11.5 Å². The number of fused-ring (bicyclic) bond motifs is 1. The van der Waals surface area contributed by atoms with Crippen molar-refractivity contribution in [1.82, 2.24) is 30.0 Å². The minimum absolute atomic E-state index is 0.112. The number of aromatic amines is 2. The normalized spacial score (nSPS) is 17.9. The van der Waals surface area contributed by atoms with E-state index in [0.29, 0.717) is 12.4 Å². The molecule has 1 aliphatic heterocycles. The first-order chi connectivity index (χ1) is 15.4. The van der Waals surface area contributed by atoms with Gasteiger partial charge in [-0.05, 0) is 31.2 Å². The third kappa shape index (κ3) is 3.81. The number of pyridine rings is 2. The zero-order chi connectivity index (χ0) is 22.3. The van der Waals surface area contributed by atoms with Crippen LogP contribution >= 0.6 is 0 Å². The van der Waals surface area contributed by atoms with Crippen LogP contribution in [0.1, 0.15) is 18.1 Å². The molecule has 1 aliphatic rings. The Balaban J connectivity index is 1.29. The van der Waals surface area contributed by atoms with Crippen LogP contribution in [0.2, 0.25) is 0 Å². The quantitative estimate of drug-likeness (QED) is 0.499. The van der Waals surface area contributed by atoms with E-state index in [4.69, 9.17) is 0 Å². The van der Waals surface area contributed by atoms with E-state index in [-0.39, 0.29) is 6.04 Å². The van der Waals surface area contributed by atoms with Crippen molar-refractivity contribution in [1.29, 1.82) is 0 Å². The Morgan fingerprint density at radius 3 is 2.75 bits per heavy atom. The van der Waals surface area contributed by atoms with E-state index < -0.39 is 11.7 Å². The number of aromatic nitrogens is 5. The fourth-order valence-electron chi connectivity index (χ4n) is 4.31. The fraction of sp³-hybridized carbons (Fsp3) is 0.318. The molecule has 0 amide bonds. The van der Waals surface area contributed by atoms with E-state index >= 15 is 0 Å². The summed E-state index contributed by atoms with van der Waals surface area (Å²) in [6, 6.07) is 6.59. The van der Waals surface area contributed by atoms with Gasteiger partial charge in [0.05, 0.1) is 17.5 Å². The summed E-state index contributed by atoms with van der Waals surface area (Å²) in [5, 5.41) is 8.41. The summed E-state index contributed by atoms with van der Waals surface area (Å²) < 4.78 is 38.5. The minimum atomic E-state index is -4.38. The molecule has 5 rings (SSSR count). The van der Waals surface area contributed by atoms with Crippen LogP contribution in [0, 0.1) is 0 Å². The highest BCUT2D eigenvalue weighted by molar-refractivity contribution is 5.93. The van der Waals surface area contributed by atoms with E-state index in [9.17, 15) is 13.2 Å². The molecule has 0 saturated carbocycles. The monoisotopic (exact) mass is 441 g/mol. The summed E-state index contributed by atoms with van der Waals surface area (Å²) in [6.07, 6.45) is 2.06. The topological polar surface area (TPSA) is 76.7 Å². The first kappa shape index (κ1) is 20.5. The molecule has 166 valence electrons. The fourth-order valence-corrected chi connectivity index (χ4v) is 4.31. The molecule has 4 aromatic rings. The van der Waals surface area contributed by atoms with Crippen molar-refractivity contribution < 1.29 is 13.2 Å². The standard InChI is InChI=1S/C22H22F3N7/c1-14-12-31(7-8-32(14)19-5-4-16(10-27-19)22(23,24)25)13-15-9-29-30-20(15)18-11-28-21-17(18)3-2-6-26-21/h2-6,9-11,14H,7-8,12-13H2,1H3,(H,26,28)(H,29,30). The number of hydrogen-bond acceptors (Lipinski definition) is 5. The number of anilines is 1. The summed E-state index contributed by atoms with van der Waals surface area (Å²) in [6.45, 7) is 5.00. The average molecular weight is 441 g/mol. The van der Waals surface area contributed by atoms with Gasteiger partial charge in [-0.25, -0.2) is 9.97 Å². The second kappa shape index (κ2) is 7.94. The zero-order valence-corrected chi connectivity index (χ0v) is 17.4. The van der Waals surface area contributed by atoms with Crippen molar-refractivity contribution >= 4 is 16.9 Å². The highest BCUT2D eigenvalue weighted by Gasteiger charge is 2.32. The van der Waals surface area contributed by atoms with Gasteiger partial charge in [0.15, 0.2) is 0 Å². The summed E-state index contributed by atoms with van der Waals surface area (Å²) in [4.78, 5) is 16.0. The Labute approximate surface area is 182 Å². The van der Waals surface area contributed by atoms with Gasteiger partial charge in [-0.2, -0.15) is 18.3 Å². The molecule has 0 aliphatic carbocycles. The van der Waals surface area contributed by atoms with Crippen molar-refractivity contribution in [2.45, 2.75) is 25.7 Å². The summed E-state index contributed by atoms with van der Waals surface area (Å²) in [5.41, 5.74) is 3.18. The summed E-state index contributed by atoms with van der Waals surface area (Å²) in [7, 11) is 0. The van der Waals surface area contributed by atoms with Crippen molar-refractivity contribution in [2.75, 3.05) is 24.5 Å². The molecular weight excluding hydrogens is 419 g/mol. The first-order valence-electron chi connectivity index (χ1n) is 10.4. The molecule has 4 aromatic heterocycles. The molecule has 1 unspecified atom stereocenters. The molecule has 0 radical (unpaired) electrons. The lowest BCUT2D eigenvalue weighted by atomic mass is 10.1. The molecule has 32 heavy (non-hydrogen) atoms. The number of nitrogens with one attached hydrogen (secondary N) is 2. The van der Waals surface area contributed by atoms with Crippen molar-refractivity contribution in [3.05, 3.63) is 60.2 Å². The van der Waals surface area contributed by atoms with Gasteiger partial charge in [-0.1, -0.05) is 0 Å². The molecule has 0 aromatic carbocycles. The zero-order valence-electron chi connectivity index (χ0n) is 17.4. The van der Waals surface area contributed by atoms with Gasteiger partial charge in [0, 0.05) is 67.3 Å². The molecule has 2 N–H and O–H groups in total. The number of nitrogens with zero attached hydrogens (tertiary/aromatic N) is 5. The van der Waals surface area contributed by atoms with Gasteiger partial charge in [-0.3, -0.25) is 10.00 Å². The van der Waals surface area contributed by atoms with E-state index in [1.54, 1.807) is 6.20 Å². The molecular formula is C22H22F3N7. The number of piperazine rings is 1. The Morgan fingerprint density at radius 2 is 2.00 bits per heavy atom. The molecule has 7 nitrogen and oxygen atoms in total. The number of alkyl halides is 3. The van der Waals surface area contributed by atoms with Crippen LogP contribution in [0.15, 0.2) is 49.1 Å². The smallest absolute Gasteiger partial charge is 0.351 e. The molecule has 0 bridgehead atoms. The van der Waals surface area contributed by atoms with E-state index in [0.717, 1.165) is 59.8 Å². The molecule has 1 fully saturated rings. The SMILES string of the molecule is CC1CN(Cc2cn[nH]c2-c2c[nH]c3ncccc23)CCN1c1ccc(C(F)(F)F)cn1. The predicted octanol–water partition coefficient (Wildman–Crippen LogP) is 4.08. The van der Waals surface area contributed by atoms with E-state index in [1.807, 2.05) is 24.5 Å². The van der Waals surface area contributed by atoms with Crippen LogP contribution in [0.4, 0.5) is 19.0 Å². The maximum atomic E-state index is 12.8. The van der Waals surface area contributed by atoms with Crippen LogP contribution in [-0.4, -0.2) is 55.7 Å². The first-order valence-corrected chi connectivity index (χ1v) is 10.4. The molecule has 5 heterocycles. The Hall–Kier alpha value is -3.40. The van der Waals surface area contributed by atoms with Crippen molar-refractivity contribution in [2.24, 2.45) is 0 Å². The lowest BCUT2D eigenvalue weighted by Gasteiger charge is -2.40. The van der Waals surface area contributed by atoms with Gasteiger partial charge in [0.25, 0.3) is 0 Å². The van der Waals surface area contributed by atoms with Crippen LogP contribution in [0.25, 0.3) is 22.3 Å². The predicted molar refractivity (Wildman–Crippen MR) is 115 cm³/mol. The van der Waals surface area contributed by atoms with Gasteiger partial charge < -0.3 is 9.88 Å². The van der Waals surface area contributed by atoms with Crippen molar-refractivity contribution in [3.8, 4) is 11.3 Å². The maximum Gasteiger partial charge on any atom is 0.417 e. The van der Waals surface area contributed by atoms with Crippen molar-refractivity contribution in [3.63, 3.8) is 0 Å². The molecule has 10 heteroatoms. The molecule has 0 spiro atoms. The van der Waals surface area contributed by atoms with E-state index in [1.165, 1.54) is 6.07 Å². The Bertz CT molecular complexity index is 1210. The maximum absolute atomic E-state index is 12.8. The number of H-pyrrole nitrogens is 2. The lowest BCUT2D eigenvalue weighted by molar-refractivity contribution is -0.137. The number of halogens is 3. The van der Waals surface area contributed by atoms with Gasteiger partial charge >= 0.3 is 6.18 Å². The average Bonchev–Trinajstić information content (AvgIpc) is 3.40. The second-order valence-electron chi connectivity index (χ2n) is 8.05. The van der Waals surface area contributed by atoms with Crippen LogP contribution in [-0.2, 0) is 12.7 Å². The van der Waals surface area contributed by atoms with E-state index in [2.05, 4.69) is 41.9 Å². The highest BCUT2D eigenvalue weighted by atomic mass is 19.4. The third-order valence-electron chi connectivity index (χ3n) is 5.91. The minimum Gasteiger partial charge on any atom is -0.351 e. The number of rotatable bonds is 4. The third-order valence-corrected chi connectivity index (χ3v) is 5.91. The van der Waals surface area contributed by atoms with Crippen LogP contribution in [0.5, 0.6) is 0 Å².